The molecule has 0 aliphatic rings. The quantitative estimate of drug-likeness (QED) is 0.298. The first-order valence-corrected chi connectivity index (χ1v) is 11.6. The van der Waals surface area contributed by atoms with Gasteiger partial charge in [0.05, 0.1) is 11.0 Å². The average molecular weight is 469 g/mol. The van der Waals surface area contributed by atoms with E-state index in [2.05, 4.69) is 20.3 Å². The van der Waals surface area contributed by atoms with Crippen molar-refractivity contribution in [2.24, 2.45) is 0 Å². The molecule has 0 spiro atoms. The van der Waals surface area contributed by atoms with E-state index in [0.717, 1.165) is 21.2 Å². The lowest BCUT2D eigenvalue weighted by atomic mass is 10.1. The van der Waals surface area contributed by atoms with Gasteiger partial charge < -0.3 is 15.4 Å². The summed E-state index contributed by atoms with van der Waals surface area (Å²) in [6, 6.07) is 21.7. The molecule has 3 aromatic carbocycles. The maximum Gasteiger partial charge on any atom is 0.327 e. The Morgan fingerprint density at radius 2 is 1.76 bits per heavy atom. The molecule has 7 nitrogen and oxygen atoms in total. The fraction of sp³-hybridized carbons (Fsp3) is 0.0769. The third-order valence-electron chi connectivity index (χ3n) is 5.44. The van der Waals surface area contributed by atoms with Crippen LogP contribution < -0.4 is 5.32 Å². The Hall–Kier alpha value is -4.17. The first kappa shape index (κ1) is 21.7. The number of fused-ring (bicyclic) bond motifs is 2. The normalized spacial score (nSPS) is 12.0. The third kappa shape index (κ3) is 4.62. The highest BCUT2D eigenvalue weighted by atomic mass is 32.2. The van der Waals surface area contributed by atoms with Gasteiger partial charge in [-0.3, -0.25) is 9.78 Å². The summed E-state index contributed by atoms with van der Waals surface area (Å²) >= 11 is 1.40. The number of nitrogens with one attached hydrogen (secondary N) is 2. The summed E-state index contributed by atoms with van der Waals surface area (Å²) in [6.45, 7) is 0. The first-order chi connectivity index (χ1) is 16.6. The Labute approximate surface area is 199 Å². The van der Waals surface area contributed by atoms with Crippen molar-refractivity contribution in [3.05, 3.63) is 90.8 Å². The van der Waals surface area contributed by atoms with Crippen LogP contribution in [0, 0.1) is 0 Å². The smallest absolute Gasteiger partial charge is 0.327 e. The van der Waals surface area contributed by atoms with Crippen LogP contribution in [-0.4, -0.2) is 43.7 Å². The van der Waals surface area contributed by atoms with Crippen LogP contribution in [-0.2, 0) is 4.79 Å². The topological polar surface area (TPSA) is 108 Å². The second kappa shape index (κ2) is 9.36. The van der Waals surface area contributed by atoms with Crippen molar-refractivity contribution in [2.75, 3.05) is 5.75 Å². The molecule has 5 rings (SSSR count). The van der Waals surface area contributed by atoms with Crippen molar-refractivity contribution in [1.82, 2.24) is 20.3 Å². The summed E-state index contributed by atoms with van der Waals surface area (Å²) in [7, 11) is 0. The minimum absolute atomic E-state index is 0.206. The number of hydrogen-bond acceptors (Lipinski definition) is 5. The van der Waals surface area contributed by atoms with Crippen LogP contribution in [0.25, 0.3) is 33.2 Å². The molecule has 1 amide bonds. The molecule has 2 aromatic heterocycles. The van der Waals surface area contributed by atoms with Crippen molar-refractivity contribution < 1.29 is 14.7 Å². The zero-order valence-electron chi connectivity index (χ0n) is 17.9. The highest BCUT2D eigenvalue weighted by molar-refractivity contribution is 7.99. The summed E-state index contributed by atoms with van der Waals surface area (Å²) in [5, 5.41) is 14.5. The lowest BCUT2D eigenvalue weighted by molar-refractivity contribution is -0.138. The number of hydrogen-bond donors (Lipinski definition) is 3. The number of carboxylic acid groups (broad SMARTS) is 1. The molecular formula is C26H20N4O3S. The number of carboxylic acids is 1. The maximum absolute atomic E-state index is 12.8. The lowest BCUT2D eigenvalue weighted by Crippen LogP contribution is -2.42. The van der Waals surface area contributed by atoms with E-state index >= 15 is 0 Å². The van der Waals surface area contributed by atoms with Crippen molar-refractivity contribution in [1.29, 1.82) is 0 Å². The standard InChI is InChI=1S/C26H20N4O3S/c31-25(19-6-8-21-22(14-19)29-24(28-21)17-9-11-27-12-10-17)30-23(26(32)33)15-34-20-7-5-16-3-1-2-4-18(16)13-20/h1-14,23H,15H2,(H,28,29)(H,30,31)(H,32,33)/t23-/m0/s1. The Kier molecular flexibility index (Phi) is 5.97. The number of thioether (sulfide) groups is 1. The highest BCUT2D eigenvalue weighted by Crippen LogP contribution is 2.25. The number of H-pyrrole nitrogens is 1. The molecule has 168 valence electrons. The van der Waals surface area contributed by atoms with Gasteiger partial charge in [0.2, 0.25) is 0 Å². The molecule has 5 aromatic rings. The number of benzene rings is 3. The van der Waals surface area contributed by atoms with Gasteiger partial charge in [-0.2, -0.15) is 0 Å². The van der Waals surface area contributed by atoms with Crippen LogP contribution in [0.4, 0.5) is 0 Å². The van der Waals surface area contributed by atoms with E-state index in [0.29, 0.717) is 22.4 Å². The number of imidazole rings is 1. The first-order valence-electron chi connectivity index (χ1n) is 10.6. The molecule has 0 saturated carbocycles. The Morgan fingerprint density at radius 1 is 0.971 bits per heavy atom. The Bertz CT molecular complexity index is 1500. The third-order valence-corrected chi connectivity index (χ3v) is 6.53. The predicted molar refractivity (Wildman–Crippen MR) is 133 cm³/mol. The van der Waals surface area contributed by atoms with Crippen LogP contribution in [0.3, 0.4) is 0 Å². The zero-order chi connectivity index (χ0) is 23.5. The summed E-state index contributed by atoms with van der Waals surface area (Å²) in [5.74, 6) is -0.652. The molecule has 0 aliphatic carbocycles. The fourth-order valence-corrected chi connectivity index (χ4v) is 4.61. The molecule has 0 fully saturated rings. The number of rotatable bonds is 7. The number of carbonyl (C=O) groups excluding carboxylic acids is 1. The predicted octanol–water partition coefficient (Wildman–Crippen LogP) is 4.75. The monoisotopic (exact) mass is 468 g/mol. The molecule has 8 heteroatoms. The highest BCUT2D eigenvalue weighted by Gasteiger charge is 2.21. The molecule has 34 heavy (non-hydrogen) atoms. The fourth-order valence-electron chi connectivity index (χ4n) is 3.65. The van der Waals surface area contributed by atoms with Crippen LogP contribution in [0.15, 0.2) is 90.1 Å². The van der Waals surface area contributed by atoms with Gasteiger partial charge in [-0.05, 0) is 53.2 Å². The maximum atomic E-state index is 12.8. The van der Waals surface area contributed by atoms with Gasteiger partial charge in [0.25, 0.3) is 5.91 Å². The number of carbonyl (C=O) groups is 2. The van der Waals surface area contributed by atoms with Crippen LogP contribution in [0.5, 0.6) is 0 Å². The van der Waals surface area contributed by atoms with E-state index in [4.69, 9.17) is 0 Å². The van der Waals surface area contributed by atoms with Crippen molar-refractivity contribution in [3.8, 4) is 11.4 Å². The number of aromatic amines is 1. The van der Waals surface area contributed by atoms with Crippen LogP contribution >= 0.6 is 11.8 Å². The van der Waals surface area contributed by atoms with E-state index in [1.165, 1.54) is 11.8 Å². The molecule has 0 radical (unpaired) electrons. The van der Waals surface area contributed by atoms with E-state index in [9.17, 15) is 14.7 Å². The molecule has 3 N–H and O–H groups in total. The summed E-state index contributed by atoms with van der Waals surface area (Å²) in [5.41, 5.74) is 2.65. The molecule has 0 aliphatic heterocycles. The van der Waals surface area contributed by atoms with E-state index in [1.54, 1.807) is 30.6 Å². The Morgan fingerprint density at radius 3 is 2.56 bits per heavy atom. The largest absolute Gasteiger partial charge is 0.480 e. The molecule has 0 saturated heterocycles. The van der Waals surface area contributed by atoms with Gasteiger partial charge in [-0.15, -0.1) is 11.8 Å². The second-order valence-corrected chi connectivity index (χ2v) is 8.83. The van der Waals surface area contributed by atoms with E-state index in [1.807, 2.05) is 54.6 Å². The molecule has 2 heterocycles. The van der Waals surface area contributed by atoms with E-state index in [-0.39, 0.29) is 5.75 Å². The summed E-state index contributed by atoms with van der Waals surface area (Å²) in [6.07, 6.45) is 3.37. The number of amides is 1. The van der Waals surface area contributed by atoms with Gasteiger partial charge in [-0.25, -0.2) is 9.78 Å². The minimum atomic E-state index is -1.08. The van der Waals surface area contributed by atoms with Gasteiger partial charge in [0.15, 0.2) is 0 Å². The summed E-state index contributed by atoms with van der Waals surface area (Å²) in [4.78, 5) is 37.4. The summed E-state index contributed by atoms with van der Waals surface area (Å²) < 4.78 is 0. The van der Waals surface area contributed by atoms with Crippen LogP contribution in [0.2, 0.25) is 0 Å². The van der Waals surface area contributed by atoms with Gasteiger partial charge in [0, 0.05) is 34.2 Å². The van der Waals surface area contributed by atoms with Gasteiger partial charge in [-0.1, -0.05) is 30.3 Å². The number of aromatic nitrogens is 3. The number of aliphatic carboxylic acids is 1. The van der Waals surface area contributed by atoms with E-state index < -0.39 is 17.9 Å². The molecular weight excluding hydrogens is 448 g/mol. The second-order valence-electron chi connectivity index (χ2n) is 7.74. The lowest BCUT2D eigenvalue weighted by Gasteiger charge is -2.14. The Balaban J connectivity index is 1.30. The van der Waals surface area contributed by atoms with Gasteiger partial charge in [0.1, 0.15) is 11.9 Å². The average Bonchev–Trinajstić information content (AvgIpc) is 3.30. The minimum Gasteiger partial charge on any atom is -0.480 e. The zero-order valence-corrected chi connectivity index (χ0v) is 18.8. The SMILES string of the molecule is O=C(N[C@@H](CSc1ccc2ccccc2c1)C(=O)O)c1ccc2nc(-c3ccncc3)[nH]c2c1. The molecule has 1 atom stereocenters. The van der Waals surface area contributed by atoms with Crippen LogP contribution in [0.1, 0.15) is 10.4 Å². The number of pyridine rings is 1. The number of nitrogens with zero attached hydrogens (tertiary/aromatic N) is 2. The molecule has 0 bridgehead atoms. The van der Waals surface area contributed by atoms with Crippen molar-refractivity contribution in [3.63, 3.8) is 0 Å². The van der Waals surface area contributed by atoms with Crippen molar-refractivity contribution >= 4 is 45.4 Å². The van der Waals surface area contributed by atoms with Gasteiger partial charge >= 0.3 is 5.97 Å². The molecule has 0 unspecified atom stereocenters. The van der Waals surface area contributed by atoms with Crippen molar-refractivity contribution in [2.45, 2.75) is 10.9 Å².